The molecule has 2 fully saturated rings. The Morgan fingerprint density at radius 3 is 2.82 bits per heavy atom. The fraction of sp³-hybridized carbons (Fsp3) is 0.846. The van der Waals surface area contributed by atoms with Crippen LogP contribution in [0, 0.1) is 11.8 Å². The van der Waals surface area contributed by atoms with Crippen molar-refractivity contribution in [2.45, 2.75) is 57.5 Å². The highest BCUT2D eigenvalue weighted by molar-refractivity contribution is 6.05. The summed E-state index contributed by atoms with van der Waals surface area (Å²) in [6.07, 6.45) is 7.28. The highest BCUT2D eigenvalue weighted by Crippen LogP contribution is 2.33. The molecule has 1 aliphatic heterocycles. The molecule has 1 heterocycles. The van der Waals surface area contributed by atoms with E-state index in [1.165, 1.54) is 25.7 Å². The summed E-state index contributed by atoms with van der Waals surface area (Å²) in [6, 6.07) is 0.428. The van der Waals surface area contributed by atoms with E-state index in [9.17, 15) is 4.79 Å². The Labute approximate surface area is 102 Å². The number of nitrogens with one attached hydrogen (secondary N) is 2. The highest BCUT2D eigenvalue weighted by Gasteiger charge is 2.36. The Balaban J connectivity index is 1.64. The first-order chi connectivity index (χ1) is 8.22. The zero-order chi connectivity index (χ0) is 11.8. The summed E-state index contributed by atoms with van der Waals surface area (Å²) in [5.74, 6) is 2.03. The lowest BCUT2D eigenvalue weighted by Crippen LogP contribution is -2.39. The summed E-state index contributed by atoms with van der Waals surface area (Å²) in [5.41, 5.74) is 0. The molecule has 3 atom stereocenters. The molecule has 4 nitrogen and oxygen atoms in total. The van der Waals surface area contributed by atoms with E-state index in [-0.39, 0.29) is 11.9 Å². The third-order valence-electron chi connectivity index (χ3n) is 4.12. The van der Waals surface area contributed by atoms with Crippen molar-refractivity contribution in [3.8, 4) is 0 Å². The number of rotatable bonds is 2. The van der Waals surface area contributed by atoms with Crippen molar-refractivity contribution in [1.29, 1.82) is 0 Å². The zero-order valence-corrected chi connectivity index (χ0v) is 10.4. The highest BCUT2D eigenvalue weighted by atomic mass is 16.2. The molecular weight excluding hydrogens is 214 g/mol. The van der Waals surface area contributed by atoms with Crippen LogP contribution < -0.4 is 10.6 Å². The maximum atomic E-state index is 11.9. The Hall–Kier alpha value is -1.06. The average molecular weight is 235 g/mol. The lowest BCUT2D eigenvalue weighted by atomic mass is 9.79. The number of nitrogens with zero attached hydrogens (tertiary/aromatic N) is 1. The molecule has 2 saturated carbocycles. The molecule has 2 aliphatic carbocycles. The summed E-state index contributed by atoms with van der Waals surface area (Å²) < 4.78 is 0. The fourth-order valence-electron chi connectivity index (χ4n) is 3.00. The van der Waals surface area contributed by atoms with Gasteiger partial charge in [0.15, 0.2) is 5.96 Å². The molecule has 0 bridgehead atoms. The van der Waals surface area contributed by atoms with Gasteiger partial charge in [0.25, 0.3) is 5.91 Å². The van der Waals surface area contributed by atoms with E-state index in [1.54, 1.807) is 0 Å². The third kappa shape index (κ3) is 2.45. The van der Waals surface area contributed by atoms with Crippen LogP contribution in [0.15, 0.2) is 4.99 Å². The summed E-state index contributed by atoms with van der Waals surface area (Å²) in [4.78, 5) is 16.5. The maximum Gasteiger partial charge on any atom is 0.251 e. The van der Waals surface area contributed by atoms with E-state index in [0.29, 0.717) is 12.0 Å². The summed E-state index contributed by atoms with van der Waals surface area (Å²) >= 11 is 0. The van der Waals surface area contributed by atoms with Gasteiger partial charge in [0.2, 0.25) is 0 Å². The monoisotopic (exact) mass is 235 g/mol. The van der Waals surface area contributed by atoms with Gasteiger partial charge < -0.3 is 5.32 Å². The van der Waals surface area contributed by atoms with Gasteiger partial charge in [-0.05, 0) is 37.5 Å². The first-order valence-corrected chi connectivity index (χ1v) is 6.87. The average Bonchev–Trinajstić information content (AvgIpc) is 3.01. The van der Waals surface area contributed by atoms with Crippen molar-refractivity contribution in [3.05, 3.63) is 0 Å². The molecule has 3 unspecified atom stereocenters. The Bertz CT molecular complexity index is 349. The Kier molecular flexibility index (Phi) is 2.81. The van der Waals surface area contributed by atoms with Gasteiger partial charge in [-0.15, -0.1) is 0 Å². The van der Waals surface area contributed by atoms with Gasteiger partial charge in [-0.25, -0.2) is 4.99 Å². The topological polar surface area (TPSA) is 53.5 Å². The molecule has 2 N–H and O–H groups in total. The van der Waals surface area contributed by atoms with Crippen LogP contribution in [0.5, 0.6) is 0 Å². The van der Waals surface area contributed by atoms with Gasteiger partial charge in [-0.3, -0.25) is 10.1 Å². The largest absolute Gasteiger partial charge is 0.353 e. The molecule has 94 valence electrons. The number of aliphatic imine (C=N–C) groups is 1. The van der Waals surface area contributed by atoms with E-state index < -0.39 is 0 Å². The molecule has 3 aliphatic rings. The predicted molar refractivity (Wildman–Crippen MR) is 66.6 cm³/mol. The van der Waals surface area contributed by atoms with Gasteiger partial charge in [0, 0.05) is 6.04 Å². The minimum atomic E-state index is -0.126. The van der Waals surface area contributed by atoms with E-state index in [1.807, 2.05) is 0 Å². The Morgan fingerprint density at radius 1 is 1.29 bits per heavy atom. The summed E-state index contributed by atoms with van der Waals surface area (Å²) in [7, 11) is 0. The SMILES string of the molecule is CC1CCCC(C2N=C(NC3CC3)NC2=O)C1. The van der Waals surface area contributed by atoms with Gasteiger partial charge >= 0.3 is 0 Å². The molecular formula is C13H21N3O. The minimum Gasteiger partial charge on any atom is -0.353 e. The van der Waals surface area contributed by atoms with Crippen LogP contribution in [0.2, 0.25) is 0 Å². The van der Waals surface area contributed by atoms with E-state index in [4.69, 9.17) is 0 Å². The standard InChI is InChI=1S/C13H21N3O/c1-8-3-2-4-9(7-8)11-12(17)16-13(15-11)14-10-5-6-10/h8-11H,2-7H2,1H3,(H2,14,15,16,17). The minimum absolute atomic E-state index is 0.104. The number of guanidine groups is 1. The number of hydrogen-bond acceptors (Lipinski definition) is 3. The molecule has 17 heavy (non-hydrogen) atoms. The molecule has 0 aromatic carbocycles. The quantitative estimate of drug-likeness (QED) is 0.760. The van der Waals surface area contributed by atoms with Crippen LogP contribution in [-0.4, -0.2) is 24.0 Å². The van der Waals surface area contributed by atoms with Crippen molar-refractivity contribution in [3.63, 3.8) is 0 Å². The number of hydrogen-bond donors (Lipinski definition) is 2. The number of amides is 1. The van der Waals surface area contributed by atoms with E-state index >= 15 is 0 Å². The number of carbonyl (C=O) groups excluding carboxylic acids is 1. The zero-order valence-electron chi connectivity index (χ0n) is 10.4. The van der Waals surface area contributed by atoms with Crippen molar-refractivity contribution in [2.24, 2.45) is 16.8 Å². The lowest BCUT2D eigenvalue weighted by Gasteiger charge is -2.28. The molecule has 0 aromatic rings. The van der Waals surface area contributed by atoms with E-state index in [2.05, 4.69) is 22.5 Å². The first kappa shape index (κ1) is 11.1. The third-order valence-corrected chi connectivity index (χ3v) is 4.12. The van der Waals surface area contributed by atoms with Crippen molar-refractivity contribution < 1.29 is 4.79 Å². The van der Waals surface area contributed by atoms with Gasteiger partial charge in [-0.2, -0.15) is 0 Å². The molecule has 4 heteroatoms. The lowest BCUT2D eigenvalue weighted by molar-refractivity contribution is -0.121. The summed E-state index contributed by atoms with van der Waals surface area (Å²) in [6.45, 7) is 2.28. The van der Waals surface area contributed by atoms with Crippen LogP contribution in [0.3, 0.4) is 0 Å². The molecule has 0 aromatic heterocycles. The normalized spacial score (nSPS) is 37.6. The fourth-order valence-corrected chi connectivity index (χ4v) is 3.00. The van der Waals surface area contributed by atoms with Crippen LogP contribution in [0.4, 0.5) is 0 Å². The second kappa shape index (κ2) is 4.31. The van der Waals surface area contributed by atoms with Crippen LogP contribution in [0.1, 0.15) is 45.4 Å². The molecule has 0 radical (unpaired) electrons. The second-order valence-electron chi connectivity index (χ2n) is 5.86. The van der Waals surface area contributed by atoms with E-state index in [0.717, 1.165) is 24.7 Å². The van der Waals surface area contributed by atoms with Crippen LogP contribution in [0.25, 0.3) is 0 Å². The molecule has 3 rings (SSSR count). The van der Waals surface area contributed by atoms with Crippen LogP contribution >= 0.6 is 0 Å². The summed E-state index contributed by atoms with van der Waals surface area (Å²) in [5, 5.41) is 6.17. The first-order valence-electron chi connectivity index (χ1n) is 6.87. The maximum absolute atomic E-state index is 11.9. The van der Waals surface area contributed by atoms with Gasteiger partial charge in [0.05, 0.1) is 0 Å². The number of carbonyl (C=O) groups is 1. The molecule has 0 saturated heterocycles. The van der Waals surface area contributed by atoms with Gasteiger partial charge in [-0.1, -0.05) is 19.8 Å². The molecule has 0 spiro atoms. The predicted octanol–water partition coefficient (Wildman–Crippen LogP) is 1.42. The van der Waals surface area contributed by atoms with Gasteiger partial charge in [0.1, 0.15) is 6.04 Å². The second-order valence-corrected chi connectivity index (χ2v) is 5.86. The molecule has 1 amide bonds. The van der Waals surface area contributed by atoms with Crippen molar-refractivity contribution >= 4 is 11.9 Å². The van der Waals surface area contributed by atoms with Crippen LogP contribution in [-0.2, 0) is 4.79 Å². The van der Waals surface area contributed by atoms with Crippen molar-refractivity contribution in [1.82, 2.24) is 10.6 Å². The van der Waals surface area contributed by atoms with Crippen molar-refractivity contribution in [2.75, 3.05) is 0 Å². The smallest absolute Gasteiger partial charge is 0.251 e. The Morgan fingerprint density at radius 2 is 2.12 bits per heavy atom.